The van der Waals surface area contributed by atoms with Crippen molar-refractivity contribution in [1.29, 1.82) is 5.41 Å². The normalized spacial score (nSPS) is 24.7. The van der Waals surface area contributed by atoms with Gasteiger partial charge in [-0.2, -0.15) is 0 Å². The third-order valence-electron chi connectivity index (χ3n) is 3.03. The maximum absolute atomic E-state index is 7.80. The Morgan fingerprint density at radius 1 is 1.29 bits per heavy atom. The summed E-state index contributed by atoms with van der Waals surface area (Å²) in [6, 6.07) is 9.18. The van der Waals surface area contributed by atoms with Crippen LogP contribution in [0, 0.1) is 5.41 Å². The molecule has 0 bridgehead atoms. The summed E-state index contributed by atoms with van der Waals surface area (Å²) in [4.78, 5) is 2.23. The van der Waals surface area contributed by atoms with E-state index in [2.05, 4.69) is 29.2 Å². The van der Waals surface area contributed by atoms with Crippen LogP contribution in [0.15, 0.2) is 24.3 Å². The van der Waals surface area contributed by atoms with Gasteiger partial charge in [0.1, 0.15) is 0 Å². The fourth-order valence-corrected chi connectivity index (χ4v) is 3.26. The summed E-state index contributed by atoms with van der Waals surface area (Å²) in [6.45, 7) is 0.937. The van der Waals surface area contributed by atoms with Crippen molar-refractivity contribution in [2.45, 2.75) is 19.0 Å². The zero-order chi connectivity index (χ0) is 9.54. The highest BCUT2D eigenvalue weighted by Gasteiger charge is 2.33. The van der Waals surface area contributed by atoms with Gasteiger partial charge in [0.2, 0.25) is 0 Å². The fraction of sp³-hybridized carbons (Fsp3) is 0.364. The molecule has 1 aromatic rings. The number of nitrogens with zero attached hydrogens (tertiary/aromatic N) is 1. The Kier molecular flexibility index (Phi) is 1.80. The highest BCUT2D eigenvalue weighted by atomic mass is 32.2. The molecule has 1 N–H and O–H groups in total. The van der Waals surface area contributed by atoms with E-state index in [1.807, 2.05) is 0 Å². The zero-order valence-corrected chi connectivity index (χ0v) is 8.68. The molecular formula is C11H12N2S. The molecule has 0 radical (unpaired) electrons. The topological polar surface area (TPSA) is 27.1 Å². The van der Waals surface area contributed by atoms with E-state index in [1.54, 1.807) is 11.8 Å². The number of fused-ring (bicyclic) bond motifs is 2. The molecule has 1 saturated heterocycles. The standard InChI is InChI=1S/C11H12N2S/c12-11-13-6-9-4-2-1-3-8(9)5-10(13)7-14-11/h1-4,10,12H,5-7H2. The predicted molar refractivity (Wildman–Crippen MR) is 59.7 cm³/mol. The molecule has 14 heavy (non-hydrogen) atoms. The van der Waals surface area contributed by atoms with Crippen molar-refractivity contribution >= 4 is 16.9 Å². The molecule has 72 valence electrons. The van der Waals surface area contributed by atoms with Crippen LogP contribution in [0.5, 0.6) is 0 Å². The molecule has 2 aliphatic rings. The molecule has 1 atom stereocenters. The molecule has 0 spiro atoms. The Hall–Kier alpha value is -0.960. The number of hydrogen-bond donors (Lipinski definition) is 1. The number of hydrogen-bond acceptors (Lipinski definition) is 2. The average molecular weight is 204 g/mol. The van der Waals surface area contributed by atoms with Crippen molar-refractivity contribution in [2.75, 3.05) is 5.75 Å². The van der Waals surface area contributed by atoms with Crippen LogP contribution in [0.3, 0.4) is 0 Å². The van der Waals surface area contributed by atoms with E-state index >= 15 is 0 Å². The van der Waals surface area contributed by atoms with Gasteiger partial charge in [0.25, 0.3) is 0 Å². The molecular weight excluding hydrogens is 192 g/mol. The molecule has 2 aliphatic heterocycles. The van der Waals surface area contributed by atoms with Crippen LogP contribution in [-0.2, 0) is 13.0 Å². The third-order valence-corrected chi connectivity index (χ3v) is 4.09. The summed E-state index contributed by atoms with van der Waals surface area (Å²) in [7, 11) is 0. The van der Waals surface area contributed by atoms with E-state index in [-0.39, 0.29) is 0 Å². The molecule has 1 unspecified atom stereocenters. The number of benzene rings is 1. The Labute approximate surface area is 87.8 Å². The van der Waals surface area contributed by atoms with E-state index in [1.165, 1.54) is 11.1 Å². The second kappa shape index (κ2) is 3.02. The second-order valence-electron chi connectivity index (χ2n) is 3.87. The van der Waals surface area contributed by atoms with E-state index in [9.17, 15) is 0 Å². The van der Waals surface area contributed by atoms with Crippen LogP contribution in [0.25, 0.3) is 0 Å². The Bertz CT molecular complexity index is 389. The summed E-state index contributed by atoms with van der Waals surface area (Å²) in [5.74, 6) is 1.09. The quantitative estimate of drug-likeness (QED) is 0.700. The van der Waals surface area contributed by atoms with Crippen molar-refractivity contribution in [3.05, 3.63) is 35.4 Å². The summed E-state index contributed by atoms with van der Waals surface area (Å²) >= 11 is 1.68. The third kappa shape index (κ3) is 1.16. The van der Waals surface area contributed by atoms with Crippen molar-refractivity contribution in [3.63, 3.8) is 0 Å². The lowest BCUT2D eigenvalue weighted by Gasteiger charge is -2.31. The van der Waals surface area contributed by atoms with Gasteiger partial charge in [0.15, 0.2) is 5.17 Å². The zero-order valence-electron chi connectivity index (χ0n) is 7.86. The smallest absolute Gasteiger partial charge is 0.157 e. The van der Waals surface area contributed by atoms with Crippen LogP contribution in [-0.4, -0.2) is 21.9 Å². The van der Waals surface area contributed by atoms with Gasteiger partial charge in [-0.3, -0.25) is 5.41 Å². The number of amidine groups is 1. The van der Waals surface area contributed by atoms with Crippen molar-refractivity contribution in [1.82, 2.24) is 4.90 Å². The minimum absolute atomic E-state index is 0.572. The Balaban J connectivity index is 1.99. The van der Waals surface area contributed by atoms with Crippen molar-refractivity contribution in [3.8, 4) is 0 Å². The lowest BCUT2D eigenvalue weighted by Crippen LogP contribution is -2.38. The van der Waals surface area contributed by atoms with E-state index < -0.39 is 0 Å². The van der Waals surface area contributed by atoms with E-state index in [0.29, 0.717) is 6.04 Å². The first-order chi connectivity index (χ1) is 6.84. The highest BCUT2D eigenvalue weighted by Crippen LogP contribution is 2.32. The lowest BCUT2D eigenvalue weighted by molar-refractivity contribution is 0.318. The molecule has 3 heteroatoms. The minimum Gasteiger partial charge on any atom is -0.343 e. The van der Waals surface area contributed by atoms with Crippen molar-refractivity contribution in [2.24, 2.45) is 0 Å². The molecule has 0 amide bonds. The van der Waals surface area contributed by atoms with E-state index in [4.69, 9.17) is 5.41 Å². The molecule has 1 aromatic carbocycles. The summed E-state index contributed by atoms with van der Waals surface area (Å²) in [5.41, 5.74) is 2.88. The number of nitrogens with one attached hydrogen (secondary N) is 1. The molecule has 3 rings (SSSR count). The lowest BCUT2D eigenvalue weighted by atomic mass is 9.95. The van der Waals surface area contributed by atoms with Crippen LogP contribution in [0.4, 0.5) is 0 Å². The first-order valence-corrected chi connectivity index (χ1v) is 5.88. The SMILES string of the molecule is N=C1SCC2Cc3ccccc3CN12. The first kappa shape index (κ1) is 8.36. The minimum atomic E-state index is 0.572. The van der Waals surface area contributed by atoms with Crippen LogP contribution >= 0.6 is 11.8 Å². The molecule has 0 aliphatic carbocycles. The molecule has 0 saturated carbocycles. The monoisotopic (exact) mass is 204 g/mol. The van der Waals surface area contributed by atoms with Crippen LogP contribution in [0.2, 0.25) is 0 Å². The van der Waals surface area contributed by atoms with Gasteiger partial charge in [-0.05, 0) is 17.5 Å². The summed E-state index contributed by atoms with van der Waals surface area (Å²) < 4.78 is 0. The van der Waals surface area contributed by atoms with Gasteiger partial charge < -0.3 is 4.90 Å². The van der Waals surface area contributed by atoms with Gasteiger partial charge in [-0.1, -0.05) is 36.0 Å². The first-order valence-electron chi connectivity index (χ1n) is 4.89. The Morgan fingerprint density at radius 3 is 2.93 bits per heavy atom. The van der Waals surface area contributed by atoms with Gasteiger partial charge in [-0.15, -0.1) is 0 Å². The van der Waals surface area contributed by atoms with Crippen LogP contribution < -0.4 is 0 Å². The summed E-state index contributed by atoms with van der Waals surface area (Å²) in [6.07, 6.45) is 1.12. The van der Waals surface area contributed by atoms with Crippen LogP contribution in [0.1, 0.15) is 11.1 Å². The summed E-state index contributed by atoms with van der Waals surface area (Å²) in [5, 5.41) is 8.56. The molecule has 2 nitrogen and oxygen atoms in total. The number of thioether (sulfide) groups is 1. The van der Waals surface area contributed by atoms with Gasteiger partial charge in [0, 0.05) is 18.3 Å². The van der Waals surface area contributed by atoms with Gasteiger partial charge in [0.05, 0.1) is 0 Å². The molecule has 0 aromatic heterocycles. The molecule has 2 heterocycles. The van der Waals surface area contributed by atoms with Crippen molar-refractivity contribution < 1.29 is 0 Å². The highest BCUT2D eigenvalue weighted by molar-refractivity contribution is 8.14. The Morgan fingerprint density at radius 2 is 2.07 bits per heavy atom. The largest absolute Gasteiger partial charge is 0.343 e. The molecule has 1 fully saturated rings. The van der Waals surface area contributed by atoms with Gasteiger partial charge in [-0.25, -0.2) is 0 Å². The second-order valence-corrected chi connectivity index (χ2v) is 4.88. The van der Waals surface area contributed by atoms with E-state index in [0.717, 1.165) is 23.9 Å². The average Bonchev–Trinajstić information content (AvgIpc) is 2.57. The predicted octanol–water partition coefficient (Wildman–Crippen LogP) is 2.09. The maximum Gasteiger partial charge on any atom is 0.157 e. The fourth-order valence-electron chi connectivity index (χ4n) is 2.23. The maximum atomic E-state index is 7.80. The van der Waals surface area contributed by atoms with Gasteiger partial charge >= 0.3 is 0 Å². The number of rotatable bonds is 0.